The van der Waals surface area contributed by atoms with Crippen LogP contribution in [0.15, 0.2) is 146 Å². The van der Waals surface area contributed by atoms with Crippen molar-refractivity contribution in [2.45, 2.75) is 59.8 Å². The fraction of sp³-hybridized carbons (Fsp3) is 0.234. The fourth-order valence-electron chi connectivity index (χ4n) is 6.37. The van der Waals surface area contributed by atoms with E-state index in [0.29, 0.717) is 12.1 Å². The maximum Gasteiger partial charge on any atom is 0.0807 e. The van der Waals surface area contributed by atoms with Crippen molar-refractivity contribution in [3.63, 3.8) is 0 Å². The van der Waals surface area contributed by atoms with Crippen LogP contribution >= 0.6 is 0 Å². The smallest absolute Gasteiger partial charge is 0.0807 e. The SMILES string of the molecule is CC.CC.CC.CNC(N)c1ccc2ccc(N)c(N(C)c3ccccc3)c2c1.c1ccc2cc(C3NC3c3ccc4ccccc4c3)ccc2c1. The third-order valence-corrected chi connectivity index (χ3v) is 9.05. The Morgan fingerprint density at radius 2 is 1.02 bits per heavy atom. The van der Waals surface area contributed by atoms with Crippen LogP contribution < -0.4 is 27.0 Å². The molecule has 7 aromatic carbocycles. The Hall–Kier alpha value is -5.20. The first kappa shape index (κ1) is 39.6. The van der Waals surface area contributed by atoms with Gasteiger partial charge in [0.2, 0.25) is 0 Å². The zero-order chi connectivity index (χ0) is 37.6. The molecule has 1 aliphatic rings. The van der Waals surface area contributed by atoms with Gasteiger partial charge in [-0.05, 0) is 87.1 Å². The zero-order valence-corrected chi connectivity index (χ0v) is 32.2. The predicted molar refractivity (Wildman–Crippen MR) is 229 cm³/mol. The molecule has 0 saturated carbocycles. The van der Waals surface area contributed by atoms with Gasteiger partial charge in [0.25, 0.3) is 0 Å². The number of nitrogen functional groups attached to an aromatic ring is 1. The van der Waals surface area contributed by atoms with E-state index in [1.54, 1.807) is 0 Å². The van der Waals surface area contributed by atoms with E-state index in [4.69, 9.17) is 11.5 Å². The molecule has 0 aromatic heterocycles. The highest BCUT2D eigenvalue weighted by atomic mass is 15.1. The van der Waals surface area contributed by atoms with E-state index in [0.717, 1.165) is 33.4 Å². The van der Waals surface area contributed by atoms with Crippen LogP contribution in [0, 0.1) is 0 Å². The van der Waals surface area contributed by atoms with Crippen LogP contribution in [-0.4, -0.2) is 14.1 Å². The largest absolute Gasteiger partial charge is 0.397 e. The Balaban J connectivity index is 0.000000204. The second-order valence-electron chi connectivity index (χ2n) is 12.0. The summed E-state index contributed by atoms with van der Waals surface area (Å²) in [5.41, 5.74) is 19.0. The van der Waals surface area contributed by atoms with Crippen molar-refractivity contribution in [3.05, 3.63) is 162 Å². The molecule has 0 aliphatic carbocycles. The number of nitrogens with two attached hydrogens (primary N) is 2. The highest BCUT2D eigenvalue weighted by molar-refractivity contribution is 6.02. The van der Waals surface area contributed by atoms with Gasteiger partial charge in [-0.25, -0.2) is 0 Å². The molecule has 1 saturated heterocycles. The lowest BCUT2D eigenvalue weighted by Crippen LogP contribution is -2.24. The van der Waals surface area contributed by atoms with Crippen LogP contribution in [-0.2, 0) is 0 Å². The van der Waals surface area contributed by atoms with Gasteiger partial charge in [-0.3, -0.25) is 5.32 Å². The van der Waals surface area contributed by atoms with E-state index < -0.39 is 0 Å². The lowest BCUT2D eigenvalue weighted by molar-refractivity contribution is 0.623. The normalized spacial score (nSPS) is 14.6. The van der Waals surface area contributed by atoms with E-state index in [1.165, 1.54) is 32.7 Å². The standard InChI is InChI=1S/C22H17N.C19H22N4.3C2H6/c1-3-7-17-13-19(11-9-15(17)5-1)21-22(23-21)20-12-10-16-6-2-4-8-18(16)14-20;1-22-19(21)14-9-8-13-10-11-17(20)18(16(13)12-14)23(2)15-6-4-3-5-7-15;3*1-2/h1-14,21-23H;3-12,19,22H,20-21H2,1-2H3;3*1-2H3. The molecule has 270 valence electrons. The van der Waals surface area contributed by atoms with Gasteiger partial charge in [-0.2, -0.15) is 0 Å². The van der Waals surface area contributed by atoms with E-state index in [2.05, 4.69) is 125 Å². The molecule has 3 atom stereocenters. The molecule has 1 heterocycles. The van der Waals surface area contributed by atoms with Crippen LogP contribution in [0.1, 0.15) is 76.5 Å². The second-order valence-corrected chi connectivity index (χ2v) is 12.0. The van der Waals surface area contributed by atoms with Gasteiger partial charge in [0.15, 0.2) is 0 Å². The van der Waals surface area contributed by atoms with Crippen molar-refractivity contribution in [2.75, 3.05) is 24.7 Å². The summed E-state index contributed by atoms with van der Waals surface area (Å²) in [5.74, 6) is 0. The molecular weight excluding hydrogens is 635 g/mol. The highest BCUT2D eigenvalue weighted by Crippen LogP contribution is 2.43. The molecule has 7 aromatic rings. The fourth-order valence-corrected chi connectivity index (χ4v) is 6.37. The molecule has 6 N–H and O–H groups in total. The van der Waals surface area contributed by atoms with Gasteiger partial charge in [-0.15, -0.1) is 0 Å². The van der Waals surface area contributed by atoms with Crippen molar-refractivity contribution in [1.29, 1.82) is 0 Å². The molecule has 0 amide bonds. The number of nitrogens with one attached hydrogen (secondary N) is 2. The summed E-state index contributed by atoms with van der Waals surface area (Å²) in [5, 5.41) is 14.2. The Labute approximate surface area is 311 Å². The molecule has 3 unspecified atom stereocenters. The van der Waals surface area contributed by atoms with Gasteiger partial charge in [0, 0.05) is 18.1 Å². The Morgan fingerprint density at radius 1 is 0.558 bits per heavy atom. The zero-order valence-electron chi connectivity index (χ0n) is 32.2. The van der Waals surface area contributed by atoms with E-state index in [9.17, 15) is 0 Å². The third-order valence-electron chi connectivity index (χ3n) is 9.05. The van der Waals surface area contributed by atoms with Crippen LogP contribution in [0.25, 0.3) is 32.3 Å². The first-order valence-electron chi connectivity index (χ1n) is 18.8. The van der Waals surface area contributed by atoms with Gasteiger partial charge >= 0.3 is 0 Å². The number of anilines is 3. The first-order valence-corrected chi connectivity index (χ1v) is 18.8. The topological polar surface area (TPSA) is 89.2 Å². The summed E-state index contributed by atoms with van der Waals surface area (Å²) in [6, 6.07) is 52.0. The number of nitrogens with zero attached hydrogens (tertiary/aromatic N) is 1. The summed E-state index contributed by atoms with van der Waals surface area (Å²) in [4.78, 5) is 2.12. The Morgan fingerprint density at radius 3 is 1.54 bits per heavy atom. The number of hydrogen-bond acceptors (Lipinski definition) is 5. The number of fused-ring (bicyclic) bond motifs is 3. The van der Waals surface area contributed by atoms with Gasteiger partial charge in [0.1, 0.15) is 0 Å². The molecule has 0 radical (unpaired) electrons. The lowest BCUT2D eigenvalue weighted by atomic mass is 9.99. The highest BCUT2D eigenvalue weighted by Gasteiger charge is 2.38. The number of hydrogen-bond donors (Lipinski definition) is 4. The minimum absolute atomic E-state index is 0.198. The average Bonchev–Trinajstić information content (AvgIpc) is 4.04. The summed E-state index contributed by atoms with van der Waals surface area (Å²) in [6.45, 7) is 12.0. The summed E-state index contributed by atoms with van der Waals surface area (Å²) in [6.07, 6.45) is -0.198. The molecule has 5 nitrogen and oxygen atoms in total. The minimum Gasteiger partial charge on any atom is -0.397 e. The summed E-state index contributed by atoms with van der Waals surface area (Å²) in [7, 11) is 3.89. The Kier molecular flexibility index (Phi) is 14.8. The second kappa shape index (κ2) is 19.4. The summed E-state index contributed by atoms with van der Waals surface area (Å²) < 4.78 is 0. The lowest BCUT2D eigenvalue weighted by Gasteiger charge is -2.24. The van der Waals surface area contributed by atoms with Gasteiger partial charge in [-0.1, -0.05) is 151 Å². The van der Waals surface area contributed by atoms with Crippen LogP contribution in [0.3, 0.4) is 0 Å². The van der Waals surface area contributed by atoms with Crippen molar-refractivity contribution in [3.8, 4) is 0 Å². The van der Waals surface area contributed by atoms with Crippen molar-refractivity contribution in [2.24, 2.45) is 5.73 Å². The van der Waals surface area contributed by atoms with Crippen LogP contribution in [0.5, 0.6) is 0 Å². The molecule has 1 aliphatic heterocycles. The van der Waals surface area contributed by atoms with Crippen molar-refractivity contribution in [1.82, 2.24) is 10.6 Å². The molecule has 8 rings (SSSR count). The van der Waals surface area contributed by atoms with Crippen LogP contribution in [0.4, 0.5) is 17.1 Å². The molecular formula is C47H57N5. The van der Waals surface area contributed by atoms with Crippen molar-refractivity contribution < 1.29 is 0 Å². The van der Waals surface area contributed by atoms with Crippen molar-refractivity contribution >= 4 is 49.4 Å². The van der Waals surface area contributed by atoms with E-state index in [-0.39, 0.29) is 6.17 Å². The molecule has 52 heavy (non-hydrogen) atoms. The molecule has 0 spiro atoms. The number of para-hydroxylation sites is 1. The monoisotopic (exact) mass is 691 g/mol. The third kappa shape index (κ3) is 9.17. The predicted octanol–water partition coefficient (Wildman–Crippen LogP) is 11.8. The molecule has 5 heteroatoms. The number of rotatable bonds is 6. The quantitative estimate of drug-likeness (QED) is 0.0792. The molecule has 0 bridgehead atoms. The average molecular weight is 692 g/mol. The van der Waals surface area contributed by atoms with E-state index >= 15 is 0 Å². The van der Waals surface area contributed by atoms with Gasteiger partial charge < -0.3 is 21.7 Å². The Bertz CT molecular complexity index is 2060. The first-order chi connectivity index (χ1) is 25.5. The van der Waals surface area contributed by atoms with Gasteiger partial charge in [0.05, 0.1) is 29.6 Å². The molecule has 1 fully saturated rings. The summed E-state index contributed by atoms with van der Waals surface area (Å²) >= 11 is 0. The number of benzene rings is 7. The maximum atomic E-state index is 6.30. The van der Waals surface area contributed by atoms with E-state index in [1.807, 2.05) is 92.0 Å². The van der Waals surface area contributed by atoms with Crippen LogP contribution in [0.2, 0.25) is 0 Å². The minimum atomic E-state index is -0.198. The maximum absolute atomic E-state index is 6.30.